The average Bonchev–Trinajstić information content (AvgIpc) is 3.29. The van der Waals surface area contributed by atoms with Gasteiger partial charge in [-0.1, -0.05) is 18.2 Å². The predicted molar refractivity (Wildman–Crippen MR) is 127 cm³/mol. The molecular formula is C22H24N4O5S2. The van der Waals surface area contributed by atoms with Gasteiger partial charge < -0.3 is 9.64 Å². The largest absolute Gasteiger partial charge is 0.494 e. The molecule has 11 heteroatoms. The summed E-state index contributed by atoms with van der Waals surface area (Å²) < 4.78 is 32.7. The van der Waals surface area contributed by atoms with Gasteiger partial charge in [0.2, 0.25) is 10.0 Å². The van der Waals surface area contributed by atoms with Crippen LogP contribution in [0.5, 0.6) is 5.75 Å². The maximum absolute atomic E-state index is 12.9. The fourth-order valence-electron chi connectivity index (χ4n) is 3.63. The van der Waals surface area contributed by atoms with Crippen LogP contribution in [0.4, 0.5) is 10.8 Å². The Morgan fingerprint density at radius 3 is 2.52 bits per heavy atom. The minimum absolute atomic E-state index is 0.0583. The van der Waals surface area contributed by atoms with Crippen molar-refractivity contribution in [1.29, 1.82) is 0 Å². The molecule has 1 fully saturated rings. The molecule has 1 saturated heterocycles. The summed E-state index contributed by atoms with van der Waals surface area (Å²) in [6.07, 6.45) is 0.712. The van der Waals surface area contributed by atoms with E-state index in [2.05, 4.69) is 4.90 Å². The summed E-state index contributed by atoms with van der Waals surface area (Å²) >= 11 is 1.54. The van der Waals surface area contributed by atoms with Gasteiger partial charge in [-0.3, -0.25) is 10.1 Å². The highest BCUT2D eigenvalue weighted by molar-refractivity contribution is 7.89. The van der Waals surface area contributed by atoms with Crippen LogP contribution in [0.25, 0.3) is 0 Å². The lowest BCUT2D eigenvalue weighted by molar-refractivity contribution is -0.385. The lowest BCUT2D eigenvalue weighted by Gasteiger charge is -2.33. The Kier molecular flexibility index (Phi) is 6.91. The van der Waals surface area contributed by atoms with Gasteiger partial charge >= 0.3 is 0 Å². The molecule has 0 unspecified atom stereocenters. The third kappa shape index (κ3) is 5.32. The first kappa shape index (κ1) is 23.1. The molecule has 0 saturated carbocycles. The van der Waals surface area contributed by atoms with E-state index in [1.807, 2.05) is 36.6 Å². The first-order valence-electron chi connectivity index (χ1n) is 10.5. The summed E-state index contributed by atoms with van der Waals surface area (Å²) in [5.74, 6) is 0.846. The lowest BCUT2D eigenvalue weighted by atomic mass is 10.1. The van der Waals surface area contributed by atoms with Crippen LogP contribution < -0.4 is 9.64 Å². The maximum atomic E-state index is 12.9. The third-order valence-electron chi connectivity index (χ3n) is 5.33. The topological polar surface area (TPSA) is 106 Å². The molecule has 0 atom stereocenters. The smallest absolute Gasteiger partial charge is 0.270 e. The molecule has 1 aliphatic heterocycles. The summed E-state index contributed by atoms with van der Waals surface area (Å²) in [4.78, 5) is 17.2. The van der Waals surface area contributed by atoms with Gasteiger partial charge in [0.25, 0.3) is 5.69 Å². The first-order chi connectivity index (χ1) is 15.9. The number of thiazole rings is 1. The highest BCUT2D eigenvalue weighted by atomic mass is 32.2. The van der Waals surface area contributed by atoms with Crippen molar-refractivity contribution >= 4 is 32.2 Å². The third-order valence-corrected chi connectivity index (χ3v) is 8.18. The van der Waals surface area contributed by atoms with Crippen molar-refractivity contribution < 1.29 is 18.1 Å². The van der Waals surface area contributed by atoms with E-state index in [0.29, 0.717) is 39.2 Å². The van der Waals surface area contributed by atoms with Crippen molar-refractivity contribution in [2.45, 2.75) is 18.2 Å². The molecule has 0 spiro atoms. The summed E-state index contributed by atoms with van der Waals surface area (Å²) in [5, 5.41) is 13.9. The van der Waals surface area contributed by atoms with Crippen LogP contribution in [0.3, 0.4) is 0 Å². The second-order valence-electron chi connectivity index (χ2n) is 7.52. The molecule has 0 bridgehead atoms. The molecule has 2 aromatic carbocycles. The number of rotatable bonds is 8. The van der Waals surface area contributed by atoms with Crippen molar-refractivity contribution in [2.24, 2.45) is 0 Å². The van der Waals surface area contributed by atoms with E-state index < -0.39 is 14.9 Å². The molecule has 1 aliphatic rings. The Hall–Kier alpha value is -3.02. The van der Waals surface area contributed by atoms with E-state index in [1.54, 1.807) is 11.3 Å². The normalized spacial score (nSPS) is 14.9. The molecule has 0 radical (unpaired) electrons. The first-order valence-corrected chi connectivity index (χ1v) is 12.8. The van der Waals surface area contributed by atoms with E-state index in [0.717, 1.165) is 28.2 Å². The van der Waals surface area contributed by atoms with Crippen LogP contribution in [0.2, 0.25) is 0 Å². The zero-order chi connectivity index (χ0) is 23.4. The summed E-state index contributed by atoms with van der Waals surface area (Å²) in [6, 6.07) is 13.1. The Bertz CT molecular complexity index is 1220. The van der Waals surface area contributed by atoms with Crippen LogP contribution in [-0.2, 0) is 16.4 Å². The number of aromatic nitrogens is 1. The zero-order valence-electron chi connectivity index (χ0n) is 18.1. The van der Waals surface area contributed by atoms with E-state index >= 15 is 0 Å². The van der Waals surface area contributed by atoms with Gasteiger partial charge in [-0.25, -0.2) is 13.4 Å². The molecule has 3 aromatic rings. The maximum Gasteiger partial charge on any atom is 0.270 e. The number of nitrogens with zero attached hydrogens (tertiary/aromatic N) is 4. The van der Waals surface area contributed by atoms with Crippen LogP contribution in [-0.4, -0.2) is 55.4 Å². The van der Waals surface area contributed by atoms with Gasteiger partial charge in [-0.15, -0.1) is 11.3 Å². The number of nitro benzene ring substituents is 1. The van der Waals surface area contributed by atoms with Crippen LogP contribution >= 0.6 is 11.3 Å². The van der Waals surface area contributed by atoms with Gasteiger partial charge in [0.15, 0.2) is 5.13 Å². The van der Waals surface area contributed by atoms with E-state index in [4.69, 9.17) is 9.72 Å². The minimum atomic E-state index is -3.79. The van der Waals surface area contributed by atoms with Gasteiger partial charge in [-0.05, 0) is 30.7 Å². The molecule has 2 heterocycles. The molecule has 0 N–H and O–H groups in total. The molecule has 174 valence electrons. The van der Waals surface area contributed by atoms with Crippen molar-refractivity contribution in [3.05, 3.63) is 75.3 Å². The quantitative estimate of drug-likeness (QED) is 0.353. The van der Waals surface area contributed by atoms with Gasteiger partial charge in [0, 0.05) is 50.1 Å². The van der Waals surface area contributed by atoms with E-state index in [1.165, 1.54) is 22.5 Å². The Balaban J connectivity index is 1.38. The molecule has 4 rings (SSSR count). The van der Waals surface area contributed by atoms with Crippen molar-refractivity contribution in [1.82, 2.24) is 9.29 Å². The average molecular weight is 489 g/mol. The number of non-ortho nitro benzene ring substituents is 1. The number of anilines is 1. The Morgan fingerprint density at radius 1 is 1.12 bits per heavy atom. The van der Waals surface area contributed by atoms with Gasteiger partial charge in [0.1, 0.15) is 5.75 Å². The summed E-state index contributed by atoms with van der Waals surface area (Å²) in [5.41, 5.74) is 1.87. The second kappa shape index (κ2) is 9.86. The monoisotopic (exact) mass is 488 g/mol. The van der Waals surface area contributed by atoms with Crippen molar-refractivity contribution in [2.75, 3.05) is 37.7 Å². The summed E-state index contributed by atoms with van der Waals surface area (Å²) in [7, 11) is -3.79. The molecule has 33 heavy (non-hydrogen) atoms. The molecule has 0 aliphatic carbocycles. The SMILES string of the molecule is CCOc1ccc(Cc2csc(N3CCN(S(=O)(=O)c4cccc([N+](=O)[O-])c4)CC3)n2)cc1. The number of nitro groups is 1. The van der Waals surface area contributed by atoms with Crippen LogP contribution in [0.15, 0.2) is 58.8 Å². The number of hydrogen-bond donors (Lipinski definition) is 0. The van der Waals surface area contributed by atoms with Crippen LogP contribution in [0.1, 0.15) is 18.2 Å². The highest BCUT2D eigenvalue weighted by Gasteiger charge is 2.30. The fourth-order valence-corrected chi connectivity index (χ4v) is 5.97. The number of ether oxygens (including phenoxy) is 1. The van der Waals surface area contributed by atoms with Gasteiger partial charge in [0.05, 0.1) is 22.1 Å². The lowest BCUT2D eigenvalue weighted by Crippen LogP contribution is -2.48. The predicted octanol–water partition coefficient (Wildman–Crippen LogP) is 3.55. The summed E-state index contributed by atoms with van der Waals surface area (Å²) in [6.45, 7) is 4.17. The molecular weight excluding hydrogens is 464 g/mol. The minimum Gasteiger partial charge on any atom is -0.494 e. The molecule has 1 aromatic heterocycles. The standard InChI is InChI=1S/C22H24N4O5S2/c1-2-31-20-8-6-17(7-9-20)14-18-16-32-22(23-18)24-10-12-25(13-11-24)33(29,30)21-5-3-4-19(15-21)26(27)28/h3-9,15-16H,2,10-14H2,1H3. The molecule has 0 amide bonds. The fraction of sp³-hybridized carbons (Fsp3) is 0.318. The van der Waals surface area contributed by atoms with Gasteiger partial charge in [-0.2, -0.15) is 4.31 Å². The Labute approximate surface area is 196 Å². The number of hydrogen-bond acceptors (Lipinski definition) is 8. The van der Waals surface area contributed by atoms with Crippen molar-refractivity contribution in [3.8, 4) is 5.75 Å². The number of sulfonamides is 1. The number of piperazine rings is 1. The second-order valence-corrected chi connectivity index (χ2v) is 10.3. The number of benzene rings is 2. The zero-order valence-corrected chi connectivity index (χ0v) is 19.7. The van der Waals surface area contributed by atoms with E-state index in [-0.39, 0.29) is 10.6 Å². The van der Waals surface area contributed by atoms with E-state index in [9.17, 15) is 18.5 Å². The van der Waals surface area contributed by atoms with Crippen molar-refractivity contribution in [3.63, 3.8) is 0 Å². The Morgan fingerprint density at radius 2 is 1.85 bits per heavy atom. The molecule has 9 nitrogen and oxygen atoms in total. The highest BCUT2D eigenvalue weighted by Crippen LogP contribution is 2.26. The van der Waals surface area contributed by atoms with Crippen LogP contribution in [0, 0.1) is 10.1 Å².